The molecule has 2 heterocycles. The number of hydrogen-bond donors (Lipinski definition) is 1. The summed E-state index contributed by atoms with van der Waals surface area (Å²) < 4.78 is 2.03. The molecule has 0 aliphatic heterocycles. The molecule has 0 radical (unpaired) electrons. The number of aromatic nitrogens is 4. The fourth-order valence-electron chi connectivity index (χ4n) is 2.10. The minimum atomic E-state index is 0.378. The van der Waals surface area contributed by atoms with Crippen LogP contribution in [-0.2, 0) is 0 Å². The highest BCUT2D eigenvalue weighted by Gasteiger charge is 2.13. The molecule has 0 bridgehead atoms. The lowest BCUT2D eigenvalue weighted by molar-refractivity contribution is 0.482. The van der Waals surface area contributed by atoms with E-state index in [1.807, 2.05) is 41.2 Å². The van der Waals surface area contributed by atoms with Crippen LogP contribution in [0.2, 0.25) is 0 Å². The molecule has 1 atom stereocenters. The Morgan fingerprint density at radius 1 is 1.28 bits per heavy atom. The summed E-state index contributed by atoms with van der Waals surface area (Å²) in [6, 6.07) is 10.4. The van der Waals surface area contributed by atoms with Crippen LogP contribution in [0.4, 0.5) is 0 Å². The number of para-hydroxylation sites is 2. The van der Waals surface area contributed by atoms with Gasteiger partial charge in [-0.1, -0.05) is 19.1 Å². The number of H-pyrrole nitrogens is 1. The summed E-state index contributed by atoms with van der Waals surface area (Å²) in [6.45, 7) is 4.33. The van der Waals surface area contributed by atoms with E-state index in [9.17, 15) is 0 Å². The van der Waals surface area contributed by atoms with Crippen LogP contribution in [0.3, 0.4) is 0 Å². The Bertz CT molecular complexity index is 632. The second kappa shape index (κ2) is 4.29. The molecule has 1 aromatic carbocycles. The van der Waals surface area contributed by atoms with Crippen molar-refractivity contribution in [3.05, 3.63) is 36.5 Å². The molecular formula is C14H16N4. The van der Waals surface area contributed by atoms with Crippen molar-refractivity contribution >= 4 is 11.0 Å². The zero-order valence-electron chi connectivity index (χ0n) is 10.6. The van der Waals surface area contributed by atoms with Gasteiger partial charge in [0, 0.05) is 12.2 Å². The van der Waals surface area contributed by atoms with E-state index in [1.165, 1.54) is 0 Å². The Hall–Kier alpha value is -2.10. The highest BCUT2D eigenvalue weighted by atomic mass is 15.3. The zero-order chi connectivity index (χ0) is 12.5. The van der Waals surface area contributed by atoms with Crippen molar-refractivity contribution in [3.63, 3.8) is 0 Å². The van der Waals surface area contributed by atoms with Crippen molar-refractivity contribution in [2.75, 3.05) is 0 Å². The molecule has 4 heteroatoms. The predicted molar refractivity (Wildman–Crippen MR) is 72.3 cm³/mol. The minimum Gasteiger partial charge on any atom is -0.337 e. The summed E-state index contributed by atoms with van der Waals surface area (Å²) in [4.78, 5) is 7.96. The molecule has 18 heavy (non-hydrogen) atoms. The quantitative estimate of drug-likeness (QED) is 0.762. The normalized spacial score (nSPS) is 13.0. The van der Waals surface area contributed by atoms with Crippen molar-refractivity contribution in [2.24, 2.45) is 0 Å². The Morgan fingerprint density at radius 3 is 2.89 bits per heavy atom. The van der Waals surface area contributed by atoms with Crippen LogP contribution in [0.25, 0.3) is 22.6 Å². The van der Waals surface area contributed by atoms with Gasteiger partial charge >= 0.3 is 0 Å². The first-order valence-electron chi connectivity index (χ1n) is 6.28. The van der Waals surface area contributed by atoms with Gasteiger partial charge in [-0.15, -0.1) is 0 Å². The highest BCUT2D eigenvalue weighted by molar-refractivity contribution is 5.78. The monoisotopic (exact) mass is 240 g/mol. The molecule has 4 nitrogen and oxygen atoms in total. The summed E-state index contributed by atoms with van der Waals surface area (Å²) in [7, 11) is 0. The van der Waals surface area contributed by atoms with Gasteiger partial charge in [0.25, 0.3) is 0 Å². The van der Waals surface area contributed by atoms with E-state index in [2.05, 4.69) is 28.9 Å². The Morgan fingerprint density at radius 2 is 2.11 bits per heavy atom. The first kappa shape index (κ1) is 11.0. The molecule has 1 unspecified atom stereocenters. The number of nitrogens with zero attached hydrogens (tertiary/aromatic N) is 3. The Balaban J connectivity index is 2.12. The largest absolute Gasteiger partial charge is 0.337 e. The van der Waals surface area contributed by atoms with Gasteiger partial charge in [-0.2, -0.15) is 5.10 Å². The Labute approximate surface area is 106 Å². The van der Waals surface area contributed by atoms with Crippen molar-refractivity contribution in [1.29, 1.82) is 0 Å². The van der Waals surface area contributed by atoms with E-state index in [1.54, 1.807) is 0 Å². The van der Waals surface area contributed by atoms with Gasteiger partial charge in [-0.05, 0) is 31.5 Å². The number of rotatable bonds is 3. The van der Waals surface area contributed by atoms with Gasteiger partial charge in [-0.3, -0.25) is 4.68 Å². The van der Waals surface area contributed by atoms with Gasteiger partial charge in [0.1, 0.15) is 5.69 Å². The van der Waals surface area contributed by atoms with Crippen molar-refractivity contribution < 1.29 is 0 Å². The predicted octanol–water partition coefficient (Wildman–Crippen LogP) is 3.40. The fraction of sp³-hybridized carbons (Fsp3) is 0.286. The number of hydrogen-bond acceptors (Lipinski definition) is 2. The minimum absolute atomic E-state index is 0.378. The average molecular weight is 240 g/mol. The van der Waals surface area contributed by atoms with Gasteiger partial charge < -0.3 is 4.98 Å². The number of aromatic amines is 1. The van der Waals surface area contributed by atoms with Crippen LogP contribution < -0.4 is 0 Å². The van der Waals surface area contributed by atoms with Gasteiger partial charge in [0.2, 0.25) is 0 Å². The smallest absolute Gasteiger partial charge is 0.156 e. The molecule has 2 aromatic heterocycles. The molecule has 92 valence electrons. The number of fused-ring (bicyclic) bond motifs is 1. The van der Waals surface area contributed by atoms with Crippen LogP contribution in [0.15, 0.2) is 36.5 Å². The molecule has 0 aliphatic carbocycles. The zero-order valence-corrected chi connectivity index (χ0v) is 10.6. The maximum absolute atomic E-state index is 4.62. The van der Waals surface area contributed by atoms with Crippen LogP contribution in [0.5, 0.6) is 0 Å². The van der Waals surface area contributed by atoms with Gasteiger partial charge in [-0.25, -0.2) is 4.98 Å². The van der Waals surface area contributed by atoms with E-state index in [4.69, 9.17) is 0 Å². The number of imidazole rings is 1. The van der Waals surface area contributed by atoms with Gasteiger partial charge in [0.15, 0.2) is 5.82 Å². The van der Waals surface area contributed by atoms with E-state index >= 15 is 0 Å². The molecule has 0 amide bonds. The van der Waals surface area contributed by atoms with E-state index in [0.29, 0.717) is 6.04 Å². The number of nitrogens with one attached hydrogen (secondary N) is 1. The lowest BCUT2D eigenvalue weighted by Gasteiger charge is -2.11. The standard InChI is InChI=1S/C14H16N4/c1-3-10(2)18-13(8-9-15-18)14-16-11-6-4-5-7-12(11)17-14/h4-10H,3H2,1-2H3,(H,16,17). The molecule has 1 N–H and O–H groups in total. The van der Waals surface area contributed by atoms with E-state index in [-0.39, 0.29) is 0 Å². The molecule has 0 saturated heterocycles. The summed E-state index contributed by atoms with van der Waals surface area (Å²) in [5.74, 6) is 0.883. The van der Waals surface area contributed by atoms with Crippen molar-refractivity contribution in [3.8, 4) is 11.5 Å². The van der Waals surface area contributed by atoms with Crippen molar-refractivity contribution in [2.45, 2.75) is 26.3 Å². The third-order valence-electron chi connectivity index (χ3n) is 3.31. The summed E-state index contributed by atoms with van der Waals surface area (Å²) in [5, 5.41) is 4.39. The average Bonchev–Trinajstić information content (AvgIpc) is 3.03. The molecule has 0 saturated carbocycles. The fourth-order valence-corrected chi connectivity index (χ4v) is 2.10. The molecule has 0 fully saturated rings. The third kappa shape index (κ3) is 1.70. The molecule has 0 spiro atoms. The van der Waals surface area contributed by atoms with Gasteiger partial charge in [0.05, 0.1) is 11.0 Å². The molecule has 0 aliphatic rings. The first-order valence-corrected chi connectivity index (χ1v) is 6.28. The second-order valence-corrected chi connectivity index (χ2v) is 4.52. The molecular weight excluding hydrogens is 224 g/mol. The van der Waals surface area contributed by atoms with Crippen LogP contribution in [0, 0.1) is 0 Å². The first-order chi connectivity index (χ1) is 8.79. The molecule has 3 rings (SSSR count). The second-order valence-electron chi connectivity index (χ2n) is 4.52. The third-order valence-corrected chi connectivity index (χ3v) is 3.31. The SMILES string of the molecule is CCC(C)n1nccc1-c1nc2ccccc2[nH]1. The Kier molecular flexibility index (Phi) is 2.63. The van der Waals surface area contributed by atoms with E-state index < -0.39 is 0 Å². The van der Waals surface area contributed by atoms with Crippen LogP contribution in [0.1, 0.15) is 26.3 Å². The lowest BCUT2D eigenvalue weighted by Crippen LogP contribution is -2.07. The van der Waals surface area contributed by atoms with Crippen LogP contribution in [-0.4, -0.2) is 19.7 Å². The maximum Gasteiger partial charge on any atom is 0.156 e. The maximum atomic E-state index is 4.62. The summed E-state index contributed by atoms with van der Waals surface area (Å²) in [5.41, 5.74) is 3.09. The van der Waals surface area contributed by atoms with E-state index in [0.717, 1.165) is 29.0 Å². The van der Waals surface area contributed by atoms with Crippen LogP contribution >= 0.6 is 0 Å². The summed E-state index contributed by atoms with van der Waals surface area (Å²) >= 11 is 0. The number of benzene rings is 1. The topological polar surface area (TPSA) is 46.5 Å². The van der Waals surface area contributed by atoms with Crippen molar-refractivity contribution in [1.82, 2.24) is 19.7 Å². The summed E-state index contributed by atoms with van der Waals surface area (Å²) in [6.07, 6.45) is 2.88. The lowest BCUT2D eigenvalue weighted by atomic mass is 10.2. The highest BCUT2D eigenvalue weighted by Crippen LogP contribution is 2.23. The molecule has 3 aromatic rings.